The number of pyridine rings is 1. The maximum Gasteiger partial charge on any atom is 0.310 e. The molecule has 98 valence electrons. The molecule has 0 bridgehead atoms. The number of carbonyl (C=O) groups excluding carboxylic acids is 1. The lowest BCUT2D eigenvalue weighted by molar-refractivity contribution is -0.387. The van der Waals surface area contributed by atoms with Crippen LogP contribution < -0.4 is 0 Å². The average Bonchev–Trinajstić information content (AvgIpc) is 2.29. The van der Waals surface area contributed by atoms with Crippen molar-refractivity contribution in [1.29, 1.82) is 0 Å². The van der Waals surface area contributed by atoms with Gasteiger partial charge >= 0.3 is 5.97 Å². The molecule has 0 aliphatic carbocycles. The Morgan fingerprint density at radius 2 is 2.22 bits per heavy atom. The molecule has 0 saturated heterocycles. The quantitative estimate of drug-likeness (QED) is 0.469. The van der Waals surface area contributed by atoms with Crippen LogP contribution in [0.4, 0.5) is 14.5 Å². The third kappa shape index (κ3) is 2.76. The first-order valence-electron chi connectivity index (χ1n) is 4.86. The van der Waals surface area contributed by atoms with Crippen molar-refractivity contribution in [3.05, 3.63) is 33.1 Å². The van der Waals surface area contributed by atoms with Gasteiger partial charge in [0.25, 0.3) is 12.1 Å². The van der Waals surface area contributed by atoms with Gasteiger partial charge in [-0.25, -0.2) is 8.78 Å². The van der Waals surface area contributed by atoms with Crippen LogP contribution in [0.3, 0.4) is 0 Å². The second kappa shape index (κ2) is 5.48. The monoisotopic (exact) mass is 260 g/mol. The van der Waals surface area contributed by atoms with Crippen LogP contribution in [0.25, 0.3) is 0 Å². The van der Waals surface area contributed by atoms with Crippen LogP contribution in [-0.4, -0.2) is 23.0 Å². The van der Waals surface area contributed by atoms with Gasteiger partial charge in [0, 0.05) is 6.20 Å². The fourth-order valence-corrected chi connectivity index (χ4v) is 1.48. The number of aromatic nitrogens is 1. The number of aryl methyl sites for hydroxylation is 1. The predicted octanol–water partition coefficient (Wildman–Crippen LogP) is 1.95. The molecule has 6 nitrogen and oxygen atoms in total. The van der Waals surface area contributed by atoms with Gasteiger partial charge in [0.05, 0.1) is 29.7 Å². The van der Waals surface area contributed by atoms with Crippen LogP contribution >= 0.6 is 0 Å². The van der Waals surface area contributed by atoms with Crippen molar-refractivity contribution in [2.75, 3.05) is 7.11 Å². The molecule has 8 heteroatoms. The average molecular weight is 260 g/mol. The number of esters is 1. The van der Waals surface area contributed by atoms with Crippen LogP contribution in [0.5, 0.6) is 0 Å². The molecule has 1 aromatic heterocycles. The van der Waals surface area contributed by atoms with Crippen LogP contribution in [0.2, 0.25) is 0 Å². The zero-order valence-electron chi connectivity index (χ0n) is 9.65. The van der Waals surface area contributed by atoms with Crippen molar-refractivity contribution in [3.63, 3.8) is 0 Å². The summed E-state index contributed by atoms with van der Waals surface area (Å²) in [6.07, 6.45) is -2.47. The molecule has 0 aliphatic rings. The lowest BCUT2D eigenvalue weighted by Gasteiger charge is -2.08. The summed E-state index contributed by atoms with van der Waals surface area (Å²) < 4.78 is 29.9. The van der Waals surface area contributed by atoms with E-state index in [1.165, 1.54) is 6.92 Å². The number of carbonyl (C=O) groups is 1. The number of hydrogen-bond donors (Lipinski definition) is 0. The molecule has 0 aromatic carbocycles. The molecule has 0 atom stereocenters. The van der Waals surface area contributed by atoms with E-state index in [2.05, 4.69) is 9.72 Å². The highest BCUT2D eigenvalue weighted by atomic mass is 19.3. The minimum atomic E-state index is -3.03. The van der Waals surface area contributed by atoms with Gasteiger partial charge in [0.2, 0.25) is 0 Å². The molecule has 0 spiro atoms. The molecule has 0 unspecified atom stereocenters. The van der Waals surface area contributed by atoms with E-state index >= 15 is 0 Å². The molecule has 1 aromatic rings. The van der Waals surface area contributed by atoms with E-state index in [1.54, 1.807) is 0 Å². The third-order valence-electron chi connectivity index (χ3n) is 2.33. The van der Waals surface area contributed by atoms with Crippen molar-refractivity contribution in [2.24, 2.45) is 0 Å². The maximum atomic E-state index is 12.8. The lowest BCUT2D eigenvalue weighted by atomic mass is 10.1. The molecular formula is C10H10F2N2O4. The SMILES string of the molecule is COC(=O)Cc1cnc(C)c(C(F)F)c1[N+](=O)[O-]. The number of nitro groups is 1. The van der Waals surface area contributed by atoms with E-state index in [9.17, 15) is 23.7 Å². The highest BCUT2D eigenvalue weighted by Crippen LogP contribution is 2.33. The van der Waals surface area contributed by atoms with E-state index in [4.69, 9.17) is 0 Å². The summed E-state index contributed by atoms with van der Waals surface area (Å²) in [6.45, 7) is 1.25. The number of nitrogens with zero attached hydrogens (tertiary/aromatic N) is 2. The van der Waals surface area contributed by atoms with Gasteiger partial charge < -0.3 is 4.74 Å². The third-order valence-corrected chi connectivity index (χ3v) is 2.33. The summed E-state index contributed by atoms with van der Waals surface area (Å²) in [5.74, 6) is -0.760. The Morgan fingerprint density at radius 1 is 1.61 bits per heavy atom. The Morgan fingerprint density at radius 3 is 2.67 bits per heavy atom. The smallest absolute Gasteiger partial charge is 0.310 e. The van der Waals surface area contributed by atoms with Crippen LogP contribution in [0, 0.1) is 17.0 Å². The largest absolute Gasteiger partial charge is 0.469 e. The Hall–Kier alpha value is -2.12. The summed E-state index contributed by atoms with van der Waals surface area (Å²) in [4.78, 5) is 24.6. The van der Waals surface area contributed by atoms with Crippen LogP contribution in [0.1, 0.15) is 23.2 Å². The highest BCUT2D eigenvalue weighted by molar-refractivity contribution is 5.74. The minimum absolute atomic E-state index is 0.134. The van der Waals surface area contributed by atoms with Crippen LogP contribution in [0.15, 0.2) is 6.20 Å². The minimum Gasteiger partial charge on any atom is -0.469 e. The van der Waals surface area contributed by atoms with Crippen molar-refractivity contribution in [1.82, 2.24) is 4.98 Å². The zero-order valence-corrected chi connectivity index (χ0v) is 9.65. The maximum absolute atomic E-state index is 12.8. The van der Waals surface area contributed by atoms with Gasteiger partial charge in [-0.05, 0) is 6.92 Å². The zero-order chi connectivity index (χ0) is 13.9. The molecule has 1 rings (SSSR count). The standard InChI is InChI=1S/C10H10F2N2O4/c1-5-8(10(11)12)9(14(16)17)6(4-13-5)3-7(15)18-2/h4,10H,3H2,1-2H3. The first-order valence-corrected chi connectivity index (χ1v) is 4.86. The molecule has 0 saturated carbocycles. The van der Waals surface area contributed by atoms with Gasteiger partial charge in [-0.15, -0.1) is 0 Å². The second-order valence-electron chi connectivity index (χ2n) is 3.44. The Bertz CT molecular complexity index is 491. The van der Waals surface area contributed by atoms with E-state index in [0.29, 0.717) is 0 Å². The van der Waals surface area contributed by atoms with Gasteiger partial charge in [-0.1, -0.05) is 0 Å². The van der Waals surface area contributed by atoms with E-state index in [0.717, 1.165) is 13.3 Å². The second-order valence-corrected chi connectivity index (χ2v) is 3.44. The molecule has 1 heterocycles. The van der Waals surface area contributed by atoms with Crippen molar-refractivity contribution < 1.29 is 23.2 Å². The van der Waals surface area contributed by atoms with Crippen molar-refractivity contribution in [3.8, 4) is 0 Å². The predicted molar refractivity (Wildman–Crippen MR) is 56.3 cm³/mol. The molecule has 18 heavy (non-hydrogen) atoms. The topological polar surface area (TPSA) is 82.3 Å². The van der Waals surface area contributed by atoms with Gasteiger partial charge in [0.1, 0.15) is 5.56 Å². The summed E-state index contributed by atoms with van der Waals surface area (Å²) in [5, 5.41) is 10.9. The molecule has 0 aliphatic heterocycles. The Balaban J connectivity index is 3.39. The molecule has 0 amide bonds. The summed E-state index contributed by atoms with van der Waals surface area (Å²) in [5.41, 5.74) is -1.86. The van der Waals surface area contributed by atoms with Crippen molar-refractivity contribution in [2.45, 2.75) is 19.8 Å². The van der Waals surface area contributed by atoms with E-state index in [1.807, 2.05) is 0 Å². The molecule has 0 fully saturated rings. The van der Waals surface area contributed by atoms with Gasteiger partial charge in [-0.2, -0.15) is 0 Å². The summed E-state index contributed by atoms with van der Waals surface area (Å²) in [6, 6.07) is 0. The number of rotatable bonds is 4. The van der Waals surface area contributed by atoms with E-state index in [-0.39, 0.29) is 11.3 Å². The number of halogens is 2. The Kier molecular flexibility index (Phi) is 4.24. The first kappa shape index (κ1) is 13.9. The number of alkyl halides is 2. The Labute approximate surface area is 101 Å². The van der Waals surface area contributed by atoms with Gasteiger partial charge in [-0.3, -0.25) is 19.9 Å². The molecule has 0 N–H and O–H groups in total. The fraction of sp³-hybridized carbons (Fsp3) is 0.400. The number of ether oxygens (including phenoxy) is 1. The van der Waals surface area contributed by atoms with Crippen molar-refractivity contribution >= 4 is 11.7 Å². The summed E-state index contributed by atoms with van der Waals surface area (Å²) in [7, 11) is 1.10. The normalized spacial score (nSPS) is 10.5. The molecule has 0 radical (unpaired) electrons. The fourth-order valence-electron chi connectivity index (χ4n) is 1.48. The van der Waals surface area contributed by atoms with E-state index < -0.39 is 35.0 Å². The first-order chi connectivity index (χ1) is 8.38. The van der Waals surface area contributed by atoms with Gasteiger partial charge in [0.15, 0.2) is 0 Å². The number of hydrogen-bond acceptors (Lipinski definition) is 5. The highest BCUT2D eigenvalue weighted by Gasteiger charge is 2.29. The number of methoxy groups -OCH3 is 1. The molecular weight excluding hydrogens is 250 g/mol. The summed E-state index contributed by atoms with van der Waals surface area (Å²) >= 11 is 0. The lowest BCUT2D eigenvalue weighted by Crippen LogP contribution is -2.10. The van der Waals surface area contributed by atoms with Crippen LogP contribution in [-0.2, 0) is 16.0 Å².